The summed E-state index contributed by atoms with van der Waals surface area (Å²) in [6.45, 7) is 16.3. The van der Waals surface area contributed by atoms with Crippen LogP contribution in [0, 0.1) is 40.4 Å². The van der Waals surface area contributed by atoms with Gasteiger partial charge in [0.2, 0.25) is 5.91 Å². The summed E-state index contributed by atoms with van der Waals surface area (Å²) >= 11 is 8.70. The minimum absolute atomic E-state index is 0.0605. The fourth-order valence-electron chi connectivity index (χ4n) is 10.2. The van der Waals surface area contributed by atoms with Crippen molar-refractivity contribution in [2.24, 2.45) is 40.4 Å². The average molecular weight is 908 g/mol. The van der Waals surface area contributed by atoms with E-state index in [0.29, 0.717) is 89.2 Å². The number of thiazole rings is 1. The number of morpholine rings is 1. The largest absolute Gasteiger partial charge is 0.491 e. The van der Waals surface area contributed by atoms with Crippen LogP contribution < -0.4 is 9.47 Å². The fourth-order valence-corrected chi connectivity index (χ4v) is 11.4. The molecule has 3 saturated carbocycles. The van der Waals surface area contributed by atoms with Crippen molar-refractivity contribution in [3.63, 3.8) is 0 Å². The summed E-state index contributed by atoms with van der Waals surface area (Å²) in [5.41, 5.74) is -0.0895. The van der Waals surface area contributed by atoms with Gasteiger partial charge in [0.1, 0.15) is 35.3 Å². The molecule has 5 aliphatic rings. The highest BCUT2D eigenvalue weighted by molar-refractivity contribution is 7.09. The lowest BCUT2D eigenvalue weighted by molar-refractivity contribution is -0.157. The Morgan fingerprint density at radius 3 is 2.43 bits per heavy atom. The van der Waals surface area contributed by atoms with Crippen molar-refractivity contribution in [2.75, 3.05) is 46.0 Å². The number of rotatable bonds is 18. The monoisotopic (exact) mass is 906 g/mol. The summed E-state index contributed by atoms with van der Waals surface area (Å²) in [5, 5.41) is 14.2. The van der Waals surface area contributed by atoms with Crippen molar-refractivity contribution in [3.8, 4) is 22.9 Å². The Morgan fingerprint density at radius 1 is 1.02 bits per heavy atom. The van der Waals surface area contributed by atoms with Crippen molar-refractivity contribution in [3.05, 3.63) is 33.6 Å². The summed E-state index contributed by atoms with van der Waals surface area (Å²) in [5.74, 6) is -0.295. The Labute approximate surface area is 379 Å². The molecule has 1 unspecified atom stereocenters. The lowest BCUT2D eigenvalue weighted by Gasteiger charge is -2.35. The standard InChI is InChI=1S/C48H63ClN4O9S/c1-7-30-23-48(30,46(57)58)24-38(54)37-20-32(25-53(37)45(56)34(47(4,5)6)21-42(55)62-31-18-28-17-29(28)19-31)61-40-22-35(36-26-63-41(50-36)16-27(2)3)51-44-33(40)8-9-39(43(44)49)60-15-12-52-10-13-59-14-11-52/h8-9,22,26-32,34,37H,7,10-21,23-25H2,1-6H3,(H,57,58)/t28-,29+,30-,31?,32+,34+,37-,48+/m0/s1. The third kappa shape index (κ3) is 10.2. The van der Waals surface area contributed by atoms with Crippen LogP contribution in [0.2, 0.25) is 5.02 Å². The number of carbonyl (C=O) groups excluding carboxylic acids is 3. The SMILES string of the molecule is CC[C@H]1C[C@]1(CC(=O)[C@@H]1C[C@@H](Oc2cc(-c3csc(CC(C)C)n3)nc3c(Cl)c(OCCN4CCOCC4)ccc23)CN1C(=O)[C@@H](CC(=O)OC1C[C@@H]2C[C@@H]2C1)C(C)(C)C)C(=O)O. The van der Waals surface area contributed by atoms with Crippen LogP contribution in [0.1, 0.15) is 97.9 Å². The van der Waals surface area contributed by atoms with Crippen molar-refractivity contribution in [2.45, 2.75) is 118 Å². The number of aromatic nitrogens is 2. The molecule has 8 atom stereocenters. The van der Waals surface area contributed by atoms with E-state index in [4.69, 9.17) is 40.5 Å². The molecule has 3 aliphatic carbocycles. The number of aliphatic carboxylic acids is 1. The molecular weight excluding hydrogens is 844 g/mol. The van der Waals surface area contributed by atoms with Crippen LogP contribution in [0.15, 0.2) is 23.6 Å². The lowest BCUT2D eigenvalue weighted by Crippen LogP contribution is -2.48. The van der Waals surface area contributed by atoms with Gasteiger partial charge < -0.3 is 29.0 Å². The smallest absolute Gasteiger partial charge is 0.310 e. The second-order valence-electron chi connectivity index (χ2n) is 20.2. The Kier molecular flexibility index (Phi) is 13.5. The summed E-state index contributed by atoms with van der Waals surface area (Å²) in [6.07, 6.45) is 3.91. The summed E-state index contributed by atoms with van der Waals surface area (Å²) in [6, 6.07) is 4.57. The number of pyridine rings is 1. The number of amides is 1. The van der Waals surface area contributed by atoms with E-state index < -0.39 is 40.8 Å². The number of halogens is 1. The van der Waals surface area contributed by atoms with Gasteiger partial charge in [0.05, 0.1) is 65.5 Å². The quantitative estimate of drug-likeness (QED) is 0.123. The third-order valence-electron chi connectivity index (χ3n) is 14.1. The third-order valence-corrected chi connectivity index (χ3v) is 15.3. The molecule has 63 heavy (non-hydrogen) atoms. The molecule has 2 aromatic heterocycles. The highest BCUT2D eigenvalue weighted by atomic mass is 35.5. The van der Waals surface area contributed by atoms with Gasteiger partial charge in [0.25, 0.3) is 0 Å². The molecule has 0 radical (unpaired) electrons. The number of ketones is 1. The molecule has 0 bridgehead atoms. The van der Waals surface area contributed by atoms with Crippen LogP contribution in [-0.2, 0) is 35.1 Å². The predicted molar refractivity (Wildman–Crippen MR) is 240 cm³/mol. The number of carboxylic acids is 1. The molecule has 2 aliphatic heterocycles. The van der Waals surface area contributed by atoms with Gasteiger partial charge in [-0.2, -0.15) is 0 Å². The van der Waals surface area contributed by atoms with Crippen LogP contribution in [0.25, 0.3) is 22.3 Å². The van der Waals surface area contributed by atoms with Gasteiger partial charge in [0.15, 0.2) is 5.78 Å². The first-order valence-corrected chi connectivity index (χ1v) is 24.2. The normalized spacial score (nSPS) is 27.3. The van der Waals surface area contributed by atoms with E-state index in [9.17, 15) is 24.3 Å². The van der Waals surface area contributed by atoms with E-state index in [0.717, 1.165) is 43.9 Å². The molecule has 1 aromatic carbocycles. The summed E-state index contributed by atoms with van der Waals surface area (Å²) in [7, 11) is 0. The number of nitrogens with zero attached hydrogens (tertiary/aromatic N) is 4. The number of benzene rings is 1. The number of esters is 1. The second kappa shape index (κ2) is 18.6. The van der Waals surface area contributed by atoms with Crippen molar-refractivity contribution >= 4 is 57.5 Å². The van der Waals surface area contributed by atoms with Crippen LogP contribution >= 0.6 is 22.9 Å². The van der Waals surface area contributed by atoms with Crippen LogP contribution in [0.3, 0.4) is 0 Å². The van der Waals surface area contributed by atoms with Gasteiger partial charge in [0, 0.05) is 55.7 Å². The molecule has 8 rings (SSSR count). The van der Waals surface area contributed by atoms with Crippen molar-refractivity contribution < 1.29 is 43.2 Å². The number of carbonyl (C=O) groups is 4. The van der Waals surface area contributed by atoms with Gasteiger partial charge in [-0.1, -0.05) is 59.6 Å². The first-order chi connectivity index (χ1) is 30.0. The fraction of sp³-hybridized carbons (Fsp3) is 0.667. The summed E-state index contributed by atoms with van der Waals surface area (Å²) in [4.78, 5) is 69.3. The maximum absolute atomic E-state index is 14.9. The molecule has 4 heterocycles. The van der Waals surface area contributed by atoms with E-state index in [1.165, 1.54) is 6.42 Å². The predicted octanol–water partition coefficient (Wildman–Crippen LogP) is 8.12. The molecule has 1 amide bonds. The zero-order valence-electron chi connectivity index (χ0n) is 37.5. The van der Waals surface area contributed by atoms with Gasteiger partial charge in [-0.3, -0.25) is 24.1 Å². The van der Waals surface area contributed by atoms with E-state index in [2.05, 4.69) is 18.7 Å². The molecule has 342 valence electrons. The molecule has 3 aromatic rings. The van der Waals surface area contributed by atoms with Gasteiger partial charge in [-0.15, -0.1) is 11.3 Å². The van der Waals surface area contributed by atoms with E-state index in [1.54, 1.807) is 16.2 Å². The number of Topliss-reactive ketones (excluding diaryl/α,β-unsaturated/α-hetero) is 1. The van der Waals surface area contributed by atoms with Gasteiger partial charge in [-0.05, 0) is 66.9 Å². The Morgan fingerprint density at radius 2 is 1.76 bits per heavy atom. The average Bonchev–Trinajstić information content (AvgIpc) is 3.91. The zero-order valence-corrected chi connectivity index (χ0v) is 39.1. The first-order valence-electron chi connectivity index (χ1n) is 23.0. The highest BCUT2D eigenvalue weighted by Gasteiger charge is 2.61. The molecule has 15 heteroatoms. The number of carboxylic acid groups (broad SMARTS) is 1. The number of hydrogen-bond donors (Lipinski definition) is 1. The maximum atomic E-state index is 14.9. The lowest BCUT2D eigenvalue weighted by atomic mass is 9.77. The maximum Gasteiger partial charge on any atom is 0.310 e. The van der Waals surface area contributed by atoms with E-state index >= 15 is 0 Å². The van der Waals surface area contributed by atoms with Crippen molar-refractivity contribution in [1.29, 1.82) is 0 Å². The number of fused-ring (bicyclic) bond motifs is 2. The minimum atomic E-state index is -1.15. The number of ether oxygens (including phenoxy) is 4. The van der Waals surface area contributed by atoms with Crippen LogP contribution in [0.4, 0.5) is 0 Å². The Balaban J connectivity index is 1.09. The van der Waals surface area contributed by atoms with E-state index in [1.807, 2.05) is 51.3 Å². The minimum Gasteiger partial charge on any atom is -0.491 e. The molecule has 1 N–H and O–H groups in total. The van der Waals surface area contributed by atoms with Crippen molar-refractivity contribution in [1.82, 2.24) is 19.8 Å². The molecule has 5 fully saturated rings. The molecule has 2 saturated heterocycles. The van der Waals surface area contributed by atoms with Crippen LogP contribution in [-0.4, -0.2) is 113 Å². The Hall–Kier alpha value is -3.85. The highest BCUT2D eigenvalue weighted by Crippen LogP contribution is 2.58. The van der Waals surface area contributed by atoms with Gasteiger partial charge in [-0.25, -0.2) is 9.97 Å². The number of likely N-dealkylation sites (tertiary alicyclic amines) is 1. The van der Waals surface area contributed by atoms with E-state index in [-0.39, 0.29) is 49.5 Å². The zero-order chi connectivity index (χ0) is 44.8. The molecule has 0 spiro atoms. The Bertz CT molecular complexity index is 2190. The molecule has 13 nitrogen and oxygen atoms in total. The first kappa shape index (κ1) is 45.7. The van der Waals surface area contributed by atoms with Crippen LogP contribution in [0.5, 0.6) is 11.5 Å². The topological polar surface area (TPSA) is 158 Å². The second-order valence-corrected chi connectivity index (χ2v) is 21.5. The van der Waals surface area contributed by atoms with Gasteiger partial charge >= 0.3 is 11.9 Å². The summed E-state index contributed by atoms with van der Waals surface area (Å²) < 4.78 is 24.5. The molecular formula is C48H63ClN4O9S. The number of hydrogen-bond acceptors (Lipinski definition) is 12.